The van der Waals surface area contributed by atoms with Crippen LogP contribution in [0.15, 0.2) is 24.5 Å². The van der Waals surface area contributed by atoms with Crippen molar-refractivity contribution < 1.29 is 4.39 Å². The first-order valence-electron chi connectivity index (χ1n) is 5.85. The van der Waals surface area contributed by atoms with Gasteiger partial charge in [-0.05, 0) is 44.4 Å². The molecule has 1 heterocycles. The molecule has 1 N–H and O–H groups in total. The lowest BCUT2D eigenvalue weighted by Gasteiger charge is -2.39. The van der Waals surface area contributed by atoms with E-state index in [1.807, 2.05) is 0 Å². The zero-order valence-corrected chi connectivity index (χ0v) is 9.70. The fourth-order valence-electron chi connectivity index (χ4n) is 2.25. The Labute approximate surface area is 99.1 Å². The molecule has 0 saturated heterocycles. The number of rotatable bonds is 2. The predicted molar refractivity (Wildman–Crippen MR) is 65.4 cm³/mol. The van der Waals surface area contributed by atoms with E-state index in [4.69, 9.17) is 0 Å². The Morgan fingerprint density at radius 2 is 2.12 bits per heavy atom. The van der Waals surface area contributed by atoms with Gasteiger partial charge in [0.2, 0.25) is 0 Å². The molecule has 0 atom stereocenters. The maximum atomic E-state index is 13.3. The molecular weight excluding hydrogens is 217 g/mol. The van der Waals surface area contributed by atoms with Crippen molar-refractivity contribution in [3.8, 4) is 0 Å². The summed E-state index contributed by atoms with van der Waals surface area (Å²) in [6.07, 6.45) is 5.02. The van der Waals surface area contributed by atoms with Crippen molar-refractivity contribution in [3.05, 3.63) is 30.3 Å². The second-order valence-electron chi connectivity index (χ2n) is 4.92. The number of nitrogens with zero attached hydrogens (tertiary/aromatic N) is 2. The summed E-state index contributed by atoms with van der Waals surface area (Å²) in [5.41, 5.74) is 0.875. The second-order valence-corrected chi connectivity index (χ2v) is 4.92. The molecule has 17 heavy (non-hydrogen) atoms. The van der Waals surface area contributed by atoms with Gasteiger partial charge in [-0.25, -0.2) is 14.4 Å². The first-order valence-corrected chi connectivity index (χ1v) is 5.85. The van der Waals surface area contributed by atoms with Crippen LogP contribution in [0.1, 0.15) is 26.2 Å². The minimum atomic E-state index is -0.255. The topological polar surface area (TPSA) is 37.8 Å². The molecule has 3 rings (SSSR count). The monoisotopic (exact) mass is 231 g/mol. The summed E-state index contributed by atoms with van der Waals surface area (Å²) in [5, 5.41) is 4.16. The highest BCUT2D eigenvalue weighted by atomic mass is 19.1. The third-order valence-corrected chi connectivity index (χ3v) is 3.47. The summed E-state index contributed by atoms with van der Waals surface area (Å²) < 4.78 is 13.3. The van der Waals surface area contributed by atoms with Crippen LogP contribution in [-0.2, 0) is 0 Å². The molecule has 0 spiro atoms. The summed E-state index contributed by atoms with van der Waals surface area (Å²) >= 11 is 0. The van der Waals surface area contributed by atoms with Crippen LogP contribution in [0, 0.1) is 5.82 Å². The van der Waals surface area contributed by atoms with Gasteiger partial charge in [0.05, 0.1) is 5.52 Å². The maximum Gasteiger partial charge on any atom is 0.137 e. The minimum absolute atomic E-state index is 0.105. The lowest BCUT2D eigenvalue weighted by Crippen LogP contribution is -2.41. The van der Waals surface area contributed by atoms with Crippen LogP contribution in [0.4, 0.5) is 10.2 Å². The van der Waals surface area contributed by atoms with Crippen molar-refractivity contribution in [3.63, 3.8) is 0 Å². The summed E-state index contributed by atoms with van der Waals surface area (Å²) in [6, 6.07) is 4.59. The van der Waals surface area contributed by atoms with Crippen molar-refractivity contribution in [2.75, 3.05) is 5.32 Å². The Morgan fingerprint density at radius 1 is 1.29 bits per heavy atom. The zero-order valence-electron chi connectivity index (χ0n) is 9.70. The van der Waals surface area contributed by atoms with E-state index in [2.05, 4.69) is 22.2 Å². The molecule has 1 aliphatic rings. The highest BCUT2D eigenvalue weighted by Gasteiger charge is 2.32. The number of anilines is 1. The van der Waals surface area contributed by atoms with Gasteiger partial charge in [0, 0.05) is 10.9 Å². The maximum absolute atomic E-state index is 13.3. The smallest absolute Gasteiger partial charge is 0.137 e. The Morgan fingerprint density at radius 3 is 2.82 bits per heavy atom. The molecular formula is C13H14FN3. The highest BCUT2D eigenvalue weighted by molar-refractivity contribution is 5.89. The summed E-state index contributed by atoms with van der Waals surface area (Å²) in [6.45, 7) is 2.17. The van der Waals surface area contributed by atoms with E-state index in [-0.39, 0.29) is 11.4 Å². The lowest BCUT2D eigenvalue weighted by molar-refractivity contribution is 0.306. The van der Waals surface area contributed by atoms with Crippen LogP contribution in [-0.4, -0.2) is 15.5 Å². The average molecular weight is 231 g/mol. The first-order chi connectivity index (χ1) is 8.16. The lowest BCUT2D eigenvalue weighted by atomic mass is 9.78. The second kappa shape index (κ2) is 3.65. The van der Waals surface area contributed by atoms with Gasteiger partial charge >= 0.3 is 0 Å². The van der Waals surface area contributed by atoms with E-state index in [9.17, 15) is 4.39 Å². The van der Waals surface area contributed by atoms with Gasteiger partial charge in [-0.1, -0.05) is 0 Å². The number of halogens is 1. The standard InChI is InChI=1S/C13H14FN3/c1-13(5-2-6-13)17-12-10-7-9(14)3-4-11(10)15-8-16-12/h3-4,7-8H,2,5-6H2,1H3,(H,15,16,17). The Balaban J connectivity index is 2.06. The molecule has 0 aliphatic heterocycles. The predicted octanol–water partition coefficient (Wildman–Crippen LogP) is 3.12. The van der Waals surface area contributed by atoms with Crippen molar-refractivity contribution in [2.24, 2.45) is 0 Å². The van der Waals surface area contributed by atoms with Crippen molar-refractivity contribution >= 4 is 16.7 Å². The third kappa shape index (κ3) is 1.84. The normalized spacial score (nSPS) is 17.8. The average Bonchev–Trinajstić information content (AvgIpc) is 2.28. The molecule has 1 saturated carbocycles. The van der Waals surface area contributed by atoms with E-state index in [1.54, 1.807) is 6.07 Å². The van der Waals surface area contributed by atoms with Crippen LogP contribution < -0.4 is 5.32 Å². The molecule has 4 heteroatoms. The van der Waals surface area contributed by atoms with E-state index < -0.39 is 0 Å². The zero-order chi connectivity index (χ0) is 11.9. The largest absolute Gasteiger partial charge is 0.364 e. The third-order valence-electron chi connectivity index (χ3n) is 3.47. The van der Waals surface area contributed by atoms with Gasteiger partial charge in [0.25, 0.3) is 0 Å². The SMILES string of the molecule is CC1(Nc2ncnc3ccc(F)cc23)CCC1. The minimum Gasteiger partial charge on any atom is -0.364 e. The Kier molecular flexibility index (Phi) is 2.24. The molecule has 1 fully saturated rings. The van der Waals surface area contributed by atoms with E-state index in [0.29, 0.717) is 0 Å². The van der Waals surface area contributed by atoms with Crippen molar-refractivity contribution in [2.45, 2.75) is 31.7 Å². The van der Waals surface area contributed by atoms with Crippen LogP contribution in [0.2, 0.25) is 0 Å². The van der Waals surface area contributed by atoms with Crippen LogP contribution >= 0.6 is 0 Å². The molecule has 0 bridgehead atoms. The molecule has 1 aliphatic carbocycles. The number of nitrogens with one attached hydrogen (secondary N) is 1. The van der Waals surface area contributed by atoms with Gasteiger partial charge < -0.3 is 5.32 Å². The van der Waals surface area contributed by atoms with E-state index >= 15 is 0 Å². The quantitative estimate of drug-likeness (QED) is 0.862. The van der Waals surface area contributed by atoms with Crippen LogP contribution in [0.25, 0.3) is 10.9 Å². The molecule has 88 valence electrons. The molecule has 0 radical (unpaired) electrons. The fourth-order valence-corrected chi connectivity index (χ4v) is 2.25. The van der Waals surface area contributed by atoms with Crippen molar-refractivity contribution in [1.29, 1.82) is 0 Å². The van der Waals surface area contributed by atoms with Gasteiger partial charge in [0.15, 0.2) is 0 Å². The number of hydrogen-bond donors (Lipinski definition) is 1. The summed E-state index contributed by atoms with van der Waals surface area (Å²) in [5.74, 6) is 0.478. The summed E-state index contributed by atoms with van der Waals surface area (Å²) in [4.78, 5) is 8.37. The van der Waals surface area contributed by atoms with Crippen molar-refractivity contribution in [1.82, 2.24) is 9.97 Å². The van der Waals surface area contributed by atoms with Gasteiger partial charge in [-0.3, -0.25) is 0 Å². The van der Waals surface area contributed by atoms with Crippen LogP contribution in [0.3, 0.4) is 0 Å². The number of benzene rings is 1. The van der Waals surface area contributed by atoms with E-state index in [0.717, 1.165) is 29.6 Å². The molecule has 0 amide bonds. The highest BCUT2D eigenvalue weighted by Crippen LogP contribution is 2.35. The number of fused-ring (bicyclic) bond motifs is 1. The molecule has 1 aromatic carbocycles. The first kappa shape index (κ1) is 10.4. The molecule has 1 aromatic heterocycles. The number of hydrogen-bond acceptors (Lipinski definition) is 3. The van der Waals surface area contributed by atoms with Gasteiger partial charge in [-0.15, -0.1) is 0 Å². The fraction of sp³-hybridized carbons (Fsp3) is 0.385. The van der Waals surface area contributed by atoms with Gasteiger partial charge in [0.1, 0.15) is 18.0 Å². The number of aromatic nitrogens is 2. The molecule has 3 nitrogen and oxygen atoms in total. The molecule has 0 unspecified atom stereocenters. The van der Waals surface area contributed by atoms with Crippen LogP contribution in [0.5, 0.6) is 0 Å². The van der Waals surface area contributed by atoms with E-state index in [1.165, 1.54) is 24.9 Å². The molecule has 2 aromatic rings. The Hall–Kier alpha value is -1.71. The van der Waals surface area contributed by atoms with Gasteiger partial charge in [-0.2, -0.15) is 0 Å². The Bertz CT molecular complexity index is 564. The summed E-state index contributed by atoms with van der Waals surface area (Å²) in [7, 11) is 0.